The Hall–Kier alpha value is -2.94. The monoisotopic (exact) mass is 672 g/mol. The van der Waals surface area contributed by atoms with Crippen molar-refractivity contribution in [3.8, 4) is 0 Å². The Bertz CT molecular complexity index is 1170. The summed E-state index contributed by atoms with van der Waals surface area (Å²) >= 11 is 0. The Morgan fingerprint density at radius 2 is 1.02 bits per heavy atom. The fourth-order valence-corrected chi connectivity index (χ4v) is 5.95. The number of ether oxygens (including phenoxy) is 4. The van der Waals surface area contributed by atoms with Crippen LogP contribution in [0.15, 0.2) is 60.7 Å². The van der Waals surface area contributed by atoms with Crippen LogP contribution in [0.25, 0.3) is 0 Å². The van der Waals surface area contributed by atoms with E-state index in [9.17, 15) is 30.0 Å². The first-order chi connectivity index (χ1) is 22.9. The lowest BCUT2D eigenvalue weighted by Crippen LogP contribution is -2.57. The lowest BCUT2D eigenvalue weighted by atomic mass is 9.97. The van der Waals surface area contributed by atoms with Crippen molar-refractivity contribution in [3.63, 3.8) is 0 Å². The predicted molar refractivity (Wildman–Crippen MR) is 176 cm³/mol. The standard InChI is InChI=1S/C36H52N2O10/c1-21(2)29(39)27-15-25(19-45-27)37-35(43)33(47-17-23-11-7-5-8-12-23)31(41)32(42)34(48-18-24-13-9-6-10-14-24)36(44)38-26-16-28(46-20-26)30(40)22(3)4/h5-14,21-22,25-34,39-42H,15-20H2,1-4H3,(H,37,43)(H,38,44)/t25-,26?,27-,28-,29?,30?,31+,32+,33+,34+/m0/s1. The van der Waals surface area contributed by atoms with Gasteiger partial charge >= 0.3 is 0 Å². The van der Waals surface area contributed by atoms with Crippen molar-refractivity contribution in [2.75, 3.05) is 13.2 Å². The van der Waals surface area contributed by atoms with Gasteiger partial charge in [-0.3, -0.25) is 9.59 Å². The molecule has 0 aromatic heterocycles. The van der Waals surface area contributed by atoms with Crippen LogP contribution in [0, 0.1) is 11.8 Å². The first-order valence-corrected chi connectivity index (χ1v) is 16.8. The molecule has 266 valence electrons. The zero-order chi connectivity index (χ0) is 34.8. The number of hydrogen-bond donors (Lipinski definition) is 6. The molecule has 0 bridgehead atoms. The van der Waals surface area contributed by atoms with Gasteiger partial charge in [0.05, 0.1) is 62.9 Å². The SMILES string of the molecule is CC(C)C(O)[C@@H]1CC(NC(=O)[C@H](OCc2ccccc2)[C@H](O)[C@@H](O)[C@@H](OCc2ccccc2)C(=O)N[C@@H]2CO[C@H](C(O)C(C)C)C2)CO1. The molecule has 4 rings (SSSR count). The van der Waals surface area contributed by atoms with E-state index in [1.165, 1.54) is 0 Å². The number of carbonyl (C=O) groups is 2. The number of carbonyl (C=O) groups excluding carboxylic acids is 2. The second-order valence-electron chi connectivity index (χ2n) is 13.5. The first kappa shape index (κ1) is 37.9. The molecule has 2 aromatic carbocycles. The highest BCUT2D eigenvalue weighted by atomic mass is 16.5. The number of amides is 2. The van der Waals surface area contributed by atoms with E-state index in [4.69, 9.17) is 18.9 Å². The molecule has 12 heteroatoms. The van der Waals surface area contributed by atoms with E-state index >= 15 is 0 Å². The third-order valence-corrected chi connectivity index (χ3v) is 8.91. The minimum atomic E-state index is -1.88. The fraction of sp³-hybridized carbons (Fsp3) is 0.611. The molecule has 2 aliphatic heterocycles. The molecule has 0 spiro atoms. The topological polar surface area (TPSA) is 176 Å². The van der Waals surface area contributed by atoms with Crippen molar-refractivity contribution in [3.05, 3.63) is 71.8 Å². The Balaban J connectivity index is 1.50. The van der Waals surface area contributed by atoms with Crippen LogP contribution in [0.2, 0.25) is 0 Å². The lowest BCUT2D eigenvalue weighted by molar-refractivity contribution is -0.171. The quantitative estimate of drug-likeness (QED) is 0.144. The molecular weight excluding hydrogens is 620 g/mol. The molecule has 0 saturated carbocycles. The van der Waals surface area contributed by atoms with Gasteiger partial charge in [-0.25, -0.2) is 0 Å². The van der Waals surface area contributed by atoms with E-state index in [-0.39, 0.29) is 38.3 Å². The summed E-state index contributed by atoms with van der Waals surface area (Å²) in [7, 11) is 0. The highest BCUT2D eigenvalue weighted by Gasteiger charge is 2.43. The number of rotatable bonds is 17. The van der Waals surface area contributed by atoms with Crippen molar-refractivity contribution in [1.29, 1.82) is 0 Å². The van der Waals surface area contributed by atoms with E-state index in [1.54, 1.807) is 24.3 Å². The third kappa shape index (κ3) is 10.5. The molecule has 2 aliphatic rings. The average molecular weight is 673 g/mol. The maximum absolute atomic E-state index is 13.7. The van der Waals surface area contributed by atoms with Gasteiger partial charge in [0.25, 0.3) is 11.8 Å². The van der Waals surface area contributed by atoms with Gasteiger partial charge in [-0.15, -0.1) is 0 Å². The Morgan fingerprint density at radius 1 is 0.667 bits per heavy atom. The molecule has 12 nitrogen and oxygen atoms in total. The number of nitrogens with one attached hydrogen (secondary N) is 2. The molecule has 0 aliphatic carbocycles. The summed E-state index contributed by atoms with van der Waals surface area (Å²) < 4.78 is 23.3. The van der Waals surface area contributed by atoms with E-state index in [0.29, 0.717) is 12.8 Å². The number of hydrogen-bond acceptors (Lipinski definition) is 10. The van der Waals surface area contributed by atoms with Gasteiger partial charge < -0.3 is 50.0 Å². The smallest absolute Gasteiger partial charge is 0.252 e. The second-order valence-corrected chi connectivity index (χ2v) is 13.5. The highest BCUT2D eigenvalue weighted by molar-refractivity contribution is 5.84. The summed E-state index contributed by atoms with van der Waals surface area (Å²) in [6.45, 7) is 7.72. The van der Waals surface area contributed by atoms with Crippen molar-refractivity contribution < 1.29 is 49.0 Å². The Kier molecular flexibility index (Phi) is 14.3. The van der Waals surface area contributed by atoms with Gasteiger partial charge in [0.15, 0.2) is 12.2 Å². The average Bonchev–Trinajstić information content (AvgIpc) is 3.74. The van der Waals surface area contributed by atoms with Gasteiger partial charge in [0, 0.05) is 0 Å². The molecule has 6 N–H and O–H groups in total. The fourth-order valence-electron chi connectivity index (χ4n) is 5.95. The van der Waals surface area contributed by atoms with Crippen LogP contribution in [0.5, 0.6) is 0 Å². The van der Waals surface area contributed by atoms with Crippen LogP contribution in [0.1, 0.15) is 51.7 Å². The van der Waals surface area contributed by atoms with Crippen molar-refractivity contribution in [2.24, 2.45) is 11.8 Å². The van der Waals surface area contributed by atoms with Gasteiger partial charge in [-0.05, 0) is 35.8 Å². The summed E-state index contributed by atoms with van der Waals surface area (Å²) in [6.07, 6.45) is -8.57. The minimum absolute atomic E-state index is 0.0377. The maximum Gasteiger partial charge on any atom is 0.252 e. The van der Waals surface area contributed by atoms with Crippen molar-refractivity contribution in [1.82, 2.24) is 10.6 Å². The van der Waals surface area contributed by atoms with Crippen LogP contribution in [0.4, 0.5) is 0 Å². The Morgan fingerprint density at radius 3 is 1.35 bits per heavy atom. The van der Waals surface area contributed by atoms with Crippen LogP contribution >= 0.6 is 0 Å². The second kappa shape index (κ2) is 18.2. The van der Waals surface area contributed by atoms with Crippen LogP contribution in [-0.2, 0) is 41.8 Å². The molecule has 2 heterocycles. The van der Waals surface area contributed by atoms with Gasteiger partial charge in [-0.2, -0.15) is 0 Å². The van der Waals surface area contributed by atoms with Gasteiger partial charge in [-0.1, -0.05) is 88.4 Å². The molecule has 2 aromatic rings. The number of aliphatic hydroxyl groups excluding tert-OH is 4. The first-order valence-electron chi connectivity index (χ1n) is 16.8. The van der Waals surface area contributed by atoms with E-state index in [0.717, 1.165) is 11.1 Å². The van der Waals surface area contributed by atoms with E-state index in [1.807, 2.05) is 64.1 Å². The molecular formula is C36H52N2O10. The molecule has 0 radical (unpaired) electrons. The van der Waals surface area contributed by atoms with E-state index < -0.39 is 72.7 Å². The Labute approximate surface area is 282 Å². The number of aliphatic hydroxyl groups is 4. The van der Waals surface area contributed by atoms with Crippen molar-refractivity contribution >= 4 is 11.8 Å². The van der Waals surface area contributed by atoms with Gasteiger partial charge in [0.1, 0.15) is 12.2 Å². The number of benzene rings is 2. The molecule has 48 heavy (non-hydrogen) atoms. The highest BCUT2D eigenvalue weighted by Crippen LogP contribution is 2.24. The largest absolute Gasteiger partial charge is 0.390 e. The molecule has 3 unspecified atom stereocenters. The van der Waals surface area contributed by atoms with E-state index in [2.05, 4.69) is 10.6 Å². The molecule has 2 amide bonds. The summed E-state index contributed by atoms with van der Waals surface area (Å²) in [5.41, 5.74) is 1.46. The van der Waals surface area contributed by atoms with Gasteiger partial charge in [0.2, 0.25) is 0 Å². The zero-order valence-corrected chi connectivity index (χ0v) is 28.2. The summed E-state index contributed by atoms with van der Waals surface area (Å²) in [6, 6.07) is 17.2. The molecule has 10 atom stereocenters. The summed E-state index contributed by atoms with van der Waals surface area (Å²) in [4.78, 5) is 27.4. The third-order valence-electron chi connectivity index (χ3n) is 8.91. The molecule has 2 saturated heterocycles. The van der Waals surface area contributed by atoms with Crippen LogP contribution in [-0.4, -0.2) is 106 Å². The zero-order valence-electron chi connectivity index (χ0n) is 28.2. The van der Waals surface area contributed by atoms with Crippen LogP contribution < -0.4 is 10.6 Å². The minimum Gasteiger partial charge on any atom is -0.390 e. The van der Waals surface area contributed by atoms with Crippen LogP contribution in [0.3, 0.4) is 0 Å². The maximum atomic E-state index is 13.7. The predicted octanol–water partition coefficient (Wildman–Crippen LogP) is 1.46. The van der Waals surface area contributed by atoms with Crippen molar-refractivity contribution in [2.45, 2.75) is 115 Å². The lowest BCUT2D eigenvalue weighted by Gasteiger charge is -2.31. The normalized spacial score (nSPS) is 25.0. The molecule has 2 fully saturated rings. The summed E-state index contributed by atoms with van der Waals surface area (Å²) in [5, 5.41) is 49.7. The summed E-state index contributed by atoms with van der Waals surface area (Å²) in [5.74, 6) is -1.49.